The lowest BCUT2D eigenvalue weighted by Crippen LogP contribution is -2.56. The van der Waals surface area contributed by atoms with Crippen molar-refractivity contribution in [2.24, 2.45) is 4.99 Å². The molecule has 2 heterocycles. The van der Waals surface area contributed by atoms with Crippen molar-refractivity contribution in [3.8, 4) is 5.75 Å². The Morgan fingerprint density at radius 3 is 2.62 bits per heavy atom. The first-order valence-corrected chi connectivity index (χ1v) is 10.4. The number of aliphatic imine (C=N–C) groups is 1. The van der Waals surface area contributed by atoms with Crippen LogP contribution in [0, 0.1) is 0 Å². The van der Waals surface area contributed by atoms with Crippen molar-refractivity contribution in [2.75, 3.05) is 53.5 Å². The summed E-state index contributed by atoms with van der Waals surface area (Å²) in [7, 11) is 3.50. The molecule has 0 saturated carbocycles. The van der Waals surface area contributed by atoms with Crippen LogP contribution in [0.2, 0.25) is 0 Å². The quantitative estimate of drug-likeness (QED) is 0.602. The molecule has 1 aromatic rings. The Morgan fingerprint density at radius 1 is 1.28 bits per heavy atom. The lowest BCUT2D eigenvalue weighted by Gasteiger charge is -2.38. The summed E-state index contributed by atoms with van der Waals surface area (Å²) >= 11 is 0. The van der Waals surface area contributed by atoms with Gasteiger partial charge in [0.1, 0.15) is 11.9 Å². The maximum absolute atomic E-state index is 12.5. The molecule has 160 valence electrons. The molecule has 0 aromatic heterocycles. The van der Waals surface area contributed by atoms with E-state index in [2.05, 4.69) is 41.2 Å². The molecule has 7 heteroatoms. The summed E-state index contributed by atoms with van der Waals surface area (Å²) in [5.41, 5.74) is 1.13. The molecule has 2 fully saturated rings. The van der Waals surface area contributed by atoms with E-state index in [-0.39, 0.29) is 17.4 Å². The highest BCUT2D eigenvalue weighted by Gasteiger charge is 2.31. The van der Waals surface area contributed by atoms with Gasteiger partial charge < -0.3 is 24.6 Å². The number of nitrogens with one attached hydrogen (secondary N) is 1. The standard InChI is InChI=1S/C22H34N4O3/c1-22(2,17-7-5-8-18(15-17)28-4)16-24-21(23-3)26-12-10-25(11-13-26)20(27)19-9-6-14-29-19/h5,7-8,15,19H,6,9-14,16H2,1-4H3,(H,23,24). The van der Waals surface area contributed by atoms with Crippen LogP contribution in [-0.4, -0.2) is 81.3 Å². The third-order valence-corrected chi connectivity index (χ3v) is 5.85. The first-order valence-electron chi connectivity index (χ1n) is 10.4. The molecular formula is C22H34N4O3. The average molecular weight is 403 g/mol. The van der Waals surface area contributed by atoms with Gasteiger partial charge in [0.05, 0.1) is 7.11 Å². The van der Waals surface area contributed by atoms with Gasteiger partial charge in [-0.25, -0.2) is 0 Å². The van der Waals surface area contributed by atoms with Crippen LogP contribution in [0.3, 0.4) is 0 Å². The summed E-state index contributed by atoms with van der Waals surface area (Å²) in [6.45, 7) is 8.84. The molecule has 7 nitrogen and oxygen atoms in total. The molecule has 0 aliphatic carbocycles. The minimum atomic E-state index is -0.234. The fraction of sp³-hybridized carbons (Fsp3) is 0.636. The Kier molecular flexibility index (Phi) is 7.00. The Labute approximate surface area is 174 Å². The Bertz CT molecular complexity index is 721. The van der Waals surface area contributed by atoms with Crippen molar-refractivity contribution in [2.45, 2.75) is 38.2 Å². The van der Waals surface area contributed by atoms with Crippen LogP contribution >= 0.6 is 0 Å². The van der Waals surface area contributed by atoms with Gasteiger partial charge in [-0.3, -0.25) is 9.79 Å². The first kappa shape index (κ1) is 21.4. The van der Waals surface area contributed by atoms with E-state index in [1.165, 1.54) is 5.56 Å². The van der Waals surface area contributed by atoms with E-state index >= 15 is 0 Å². The summed E-state index contributed by atoms with van der Waals surface area (Å²) in [5, 5.41) is 3.52. The lowest BCUT2D eigenvalue weighted by molar-refractivity contribution is -0.142. The summed E-state index contributed by atoms with van der Waals surface area (Å²) in [6, 6.07) is 8.20. The van der Waals surface area contributed by atoms with Gasteiger partial charge in [0, 0.05) is 51.8 Å². The second-order valence-corrected chi connectivity index (χ2v) is 8.33. The van der Waals surface area contributed by atoms with E-state index in [0.717, 1.165) is 44.2 Å². The molecule has 0 radical (unpaired) electrons. The Balaban J connectivity index is 1.53. The molecule has 1 N–H and O–H groups in total. The van der Waals surface area contributed by atoms with Crippen molar-refractivity contribution in [1.29, 1.82) is 0 Å². The number of hydrogen-bond acceptors (Lipinski definition) is 4. The van der Waals surface area contributed by atoms with Gasteiger partial charge in [-0.2, -0.15) is 0 Å². The van der Waals surface area contributed by atoms with Gasteiger partial charge in [-0.1, -0.05) is 26.0 Å². The fourth-order valence-corrected chi connectivity index (χ4v) is 3.89. The predicted molar refractivity (Wildman–Crippen MR) is 115 cm³/mol. The normalized spacial score (nSPS) is 20.7. The molecule has 0 spiro atoms. The van der Waals surface area contributed by atoms with Crippen LogP contribution in [0.15, 0.2) is 29.3 Å². The smallest absolute Gasteiger partial charge is 0.251 e. The third kappa shape index (κ3) is 5.21. The number of amides is 1. The second kappa shape index (κ2) is 9.48. The van der Waals surface area contributed by atoms with Crippen molar-refractivity contribution in [3.05, 3.63) is 29.8 Å². The molecule has 1 atom stereocenters. The molecular weight excluding hydrogens is 368 g/mol. The van der Waals surface area contributed by atoms with Gasteiger partial charge >= 0.3 is 0 Å². The van der Waals surface area contributed by atoms with Gasteiger partial charge in [0.15, 0.2) is 5.96 Å². The number of rotatable bonds is 5. The number of nitrogens with zero attached hydrogens (tertiary/aromatic N) is 3. The monoisotopic (exact) mass is 402 g/mol. The molecule has 0 bridgehead atoms. The number of carbonyl (C=O) groups excluding carboxylic acids is 1. The molecule has 3 rings (SSSR count). The number of guanidine groups is 1. The number of benzene rings is 1. The van der Waals surface area contributed by atoms with E-state index in [4.69, 9.17) is 9.47 Å². The Morgan fingerprint density at radius 2 is 2.00 bits per heavy atom. The Hall–Kier alpha value is -2.28. The van der Waals surface area contributed by atoms with Gasteiger partial charge in [-0.05, 0) is 30.5 Å². The summed E-state index contributed by atoms with van der Waals surface area (Å²) in [4.78, 5) is 21.2. The highest BCUT2D eigenvalue weighted by Crippen LogP contribution is 2.26. The van der Waals surface area contributed by atoms with E-state index in [0.29, 0.717) is 19.7 Å². The van der Waals surface area contributed by atoms with Crippen LogP contribution in [0.4, 0.5) is 0 Å². The molecule has 2 saturated heterocycles. The minimum Gasteiger partial charge on any atom is -0.497 e. The summed E-state index contributed by atoms with van der Waals surface area (Å²) in [5.74, 6) is 1.89. The molecule has 1 unspecified atom stereocenters. The van der Waals surface area contributed by atoms with Crippen molar-refractivity contribution >= 4 is 11.9 Å². The van der Waals surface area contributed by atoms with E-state index < -0.39 is 0 Å². The fourth-order valence-electron chi connectivity index (χ4n) is 3.89. The number of methoxy groups -OCH3 is 1. The SMILES string of the molecule is CN=C(NCC(C)(C)c1cccc(OC)c1)N1CCN(C(=O)C2CCCO2)CC1. The molecule has 1 aromatic carbocycles. The second-order valence-electron chi connectivity index (χ2n) is 8.33. The zero-order valence-electron chi connectivity index (χ0n) is 18.1. The molecule has 29 heavy (non-hydrogen) atoms. The highest BCUT2D eigenvalue weighted by molar-refractivity contribution is 5.82. The van der Waals surface area contributed by atoms with Crippen LogP contribution in [0.5, 0.6) is 5.75 Å². The van der Waals surface area contributed by atoms with Gasteiger partial charge in [0.25, 0.3) is 5.91 Å². The largest absolute Gasteiger partial charge is 0.497 e. The zero-order chi connectivity index (χ0) is 20.9. The number of piperazine rings is 1. The first-order chi connectivity index (χ1) is 13.9. The summed E-state index contributed by atoms with van der Waals surface area (Å²) in [6.07, 6.45) is 1.60. The molecule has 2 aliphatic heterocycles. The van der Waals surface area contributed by atoms with Crippen molar-refractivity contribution in [3.63, 3.8) is 0 Å². The predicted octanol–water partition coefficient (Wildman–Crippen LogP) is 1.87. The number of ether oxygens (including phenoxy) is 2. The van der Waals surface area contributed by atoms with E-state index in [1.54, 1.807) is 7.11 Å². The van der Waals surface area contributed by atoms with Crippen LogP contribution in [-0.2, 0) is 14.9 Å². The minimum absolute atomic E-state index is 0.0813. The van der Waals surface area contributed by atoms with Gasteiger partial charge in [-0.15, -0.1) is 0 Å². The van der Waals surface area contributed by atoms with Crippen LogP contribution in [0.25, 0.3) is 0 Å². The average Bonchev–Trinajstić information content (AvgIpc) is 3.29. The maximum atomic E-state index is 12.5. The van der Waals surface area contributed by atoms with Gasteiger partial charge in [0.2, 0.25) is 0 Å². The lowest BCUT2D eigenvalue weighted by atomic mass is 9.84. The zero-order valence-corrected chi connectivity index (χ0v) is 18.1. The van der Waals surface area contributed by atoms with Crippen molar-refractivity contribution < 1.29 is 14.3 Å². The topological polar surface area (TPSA) is 66.4 Å². The van der Waals surface area contributed by atoms with Crippen LogP contribution in [0.1, 0.15) is 32.3 Å². The highest BCUT2D eigenvalue weighted by atomic mass is 16.5. The molecule has 1 amide bonds. The molecule has 2 aliphatic rings. The third-order valence-electron chi connectivity index (χ3n) is 5.85. The van der Waals surface area contributed by atoms with Crippen LogP contribution < -0.4 is 10.1 Å². The van der Waals surface area contributed by atoms with E-state index in [9.17, 15) is 4.79 Å². The van der Waals surface area contributed by atoms with E-state index in [1.807, 2.05) is 24.1 Å². The van der Waals surface area contributed by atoms with Crippen molar-refractivity contribution in [1.82, 2.24) is 15.1 Å². The maximum Gasteiger partial charge on any atom is 0.251 e. The number of carbonyl (C=O) groups is 1. The number of hydrogen-bond donors (Lipinski definition) is 1. The summed E-state index contributed by atoms with van der Waals surface area (Å²) < 4.78 is 10.9.